The van der Waals surface area contributed by atoms with Crippen molar-refractivity contribution in [3.63, 3.8) is 0 Å². The van der Waals surface area contributed by atoms with Crippen molar-refractivity contribution in [1.29, 1.82) is 0 Å². The summed E-state index contributed by atoms with van der Waals surface area (Å²) < 4.78 is 37.7. The third-order valence-electron chi connectivity index (χ3n) is 3.54. The lowest BCUT2D eigenvalue weighted by Crippen LogP contribution is -2.15. The van der Waals surface area contributed by atoms with E-state index in [2.05, 4.69) is 15.6 Å². The monoisotopic (exact) mass is 357 g/mol. The Morgan fingerprint density at radius 2 is 1.50 bits per heavy atom. The van der Waals surface area contributed by atoms with E-state index in [1.807, 2.05) is 30.3 Å². The fourth-order valence-electron chi connectivity index (χ4n) is 2.27. The van der Waals surface area contributed by atoms with Gasteiger partial charge in [-0.2, -0.15) is 13.2 Å². The molecule has 2 N–H and O–H groups in total. The molecule has 0 fully saturated rings. The zero-order valence-electron chi connectivity index (χ0n) is 13.4. The number of carbonyl (C=O) groups is 1. The number of alkyl halides is 3. The van der Waals surface area contributed by atoms with E-state index < -0.39 is 17.8 Å². The number of nitrogens with one attached hydrogen (secondary N) is 2. The van der Waals surface area contributed by atoms with E-state index in [0.29, 0.717) is 11.4 Å². The minimum Gasteiger partial charge on any atom is -0.354 e. The molecule has 26 heavy (non-hydrogen) atoms. The molecule has 0 unspecified atom stereocenters. The van der Waals surface area contributed by atoms with Crippen molar-refractivity contribution in [1.82, 2.24) is 4.98 Å². The van der Waals surface area contributed by atoms with Crippen LogP contribution < -0.4 is 10.6 Å². The van der Waals surface area contributed by atoms with Crippen molar-refractivity contribution in [2.75, 3.05) is 10.6 Å². The molecule has 0 aliphatic carbocycles. The third kappa shape index (κ3) is 4.18. The van der Waals surface area contributed by atoms with Crippen molar-refractivity contribution in [3.05, 3.63) is 84.2 Å². The average molecular weight is 357 g/mol. The molecule has 7 heteroatoms. The molecule has 1 heterocycles. The van der Waals surface area contributed by atoms with Gasteiger partial charge in [-0.3, -0.25) is 9.78 Å². The summed E-state index contributed by atoms with van der Waals surface area (Å²) in [7, 11) is 0. The second kappa shape index (κ2) is 7.26. The fraction of sp³-hybridized carbons (Fsp3) is 0.0526. The summed E-state index contributed by atoms with van der Waals surface area (Å²) in [5.41, 5.74) is 0.992. The molecule has 1 aromatic heterocycles. The van der Waals surface area contributed by atoms with Crippen LogP contribution in [-0.4, -0.2) is 10.9 Å². The second-order valence-electron chi connectivity index (χ2n) is 5.42. The van der Waals surface area contributed by atoms with Crippen molar-refractivity contribution in [3.8, 4) is 0 Å². The number of amides is 1. The zero-order chi connectivity index (χ0) is 18.6. The first-order valence-electron chi connectivity index (χ1n) is 7.69. The number of pyridine rings is 1. The summed E-state index contributed by atoms with van der Waals surface area (Å²) in [4.78, 5) is 15.6. The largest absolute Gasteiger partial charge is 0.433 e. The van der Waals surface area contributed by atoms with E-state index in [9.17, 15) is 18.0 Å². The number of benzene rings is 2. The van der Waals surface area contributed by atoms with Crippen molar-refractivity contribution in [2.24, 2.45) is 0 Å². The third-order valence-corrected chi connectivity index (χ3v) is 3.54. The van der Waals surface area contributed by atoms with E-state index in [-0.39, 0.29) is 5.56 Å². The first-order valence-corrected chi connectivity index (χ1v) is 7.69. The standard InChI is InChI=1S/C19H14F3N3O/c20-19(21,22)17-11-10-13(12-23-17)18(26)25-16-9-5-4-8-15(16)24-14-6-2-1-3-7-14/h1-12,24H,(H,25,26). The van der Waals surface area contributed by atoms with Gasteiger partial charge in [0.2, 0.25) is 0 Å². The second-order valence-corrected chi connectivity index (χ2v) is 5.42. The summed E-state index contributed by atoms with van der Waals surface area (Å²) in [5, 5.41) is 5.86. The van der Waals surface area contributed by atoms with Gasteiger partial charge in [0, 0.05) is 11.9 Å². The van der Waals surface area contributed by atoms with Crippen molar-refractivity contribution < 1.29 is 18.0 Å². The van der Waals surface area contributed by atoms with E-state index >= 15 is 0 Å². The molecule has 132 valence electrons. The quantitative estimate of drug-likeness (QED) is 0.683. The minimum atomic E-state index is -4.54. The van der Waals surface area contributed by atoms with Crippen LogP contribution in [0.4, 0.5) is 30.2 Å². The zero-order valence-corrected chi connectivity index (χ0v) is 13.4. The highest BCUT2D eigenvalue weighted by atomic mass is 19.4. The molecule has 0 spiro atoms. The van der Waals surface area contributed by atoms with Crippen LogP contribution in [0.5, 0.6) is 0 Å². The van der Waals surface area contributed by atoms with Crippen LogP contribution in [0.15, 0.2) is 72.9 Å². The average Bonchev–Trinajstić information content (AvgIpc) is 2.63. The lowest BCUT2D eigenvalue weighted by molar-refractivity contribution is -0.141. The molecule has 3 rings (SSSR count). The maximum absolute atomic E-state index is 12.6. The Kier molecular flexibility index (Phi) is 4.88. The molecule has 0 atom stereocenters. The van der Waals surface area contributed by atoms with Crippen LogP contribution in [-0.2, 0) is 6.18 Å². The molecule has 0 bridgehead atoms. The van der Waals surface area contributed by atoms with Crippen LogP contribution in [0.3, 0.4) is 0 Å². The highest BCUT2D eigenvalue weighted by Gasteiger charge is 2.32. The Morgan fingerprint density at radius 1 is 0.846 bits per heavy atom. The van der Waals surface area contributed by atoms with Crippen LogP contribution in [0.1, 0.15) is 16.1 Å². The maximum Gasteiger partial charge on any atom is 0.433 e. The number of aromatic nitrogens is 1. The topological polar surface area (TPSA) is 54.0 Å². The molecular formula is C19H14F3N3O. The molecule has 0 radical (unpaired) electrons. The van der Waals surface area contributed by atoms with E-state index in [4.69, 9.17) is 0 Å². The molecule has 2 aromatic carbocycles. The van der Waals surface area contributed by atoms with Gasteiger partial charge >= 0.3 is 6.18 Å². The highest BCUT2D eigenvalue weighted by molar-refractivity contribution is 6.05. The molecule has 0 aliphatic rings. The maximum atomic E-state index is 12.6. The van der Waals surface area contributed by atoms with Crippen LogP contribution >= 0.6 is 0 Å². The van der Waals surface area contributed by atoms with Gasteiger partial charge in [-0.1, -0.05) is 30.3 Å². The number of nitrogens with zero attached hydrogens (tertiary/aromatic N) is 1. The molecular weight excluding hydrogens is 343 g/mol. The van der Waals surface area contributed by atoms with Gasteiger partial charge in [-0.15, -0.1) is 0 Å². The number of carbonyl (C=O) groups excluding carboxylic acids is 1. The SMILES string of the molecule is O=C(Nc1ccccc1Nc1ccccc1)c1ccc(C(F)(F)F)nc1. The Bertz CT molecular complexity index is 894. The number of anilines is 3. The van der Waals surface area contributed by atoms with Gasteiger partial charge in [-0.05, 0) is 36.4 Å². The number of hydrogen-bond acceptors (Lipinski definition) is 3. The van der Waals surface area contributed by atoms with Gasteiger partial charge in [-0.25, -0.2) is 0 Å². The number of halogens is 3. The first-order chi connectivity index (χ1) is 12.4. The fourth-order valence-corrected chi connectivity index (χ4v) is 2.27. The van der Waals surface area contributed by atoms with E-state index in [1.165, 1.54) is 0 Å². The summed E-state index contributed by atoms with van der Waals surface area (Å²) in [6.07, 6.45) is -3.63. The van der Waals surface area contributed by atoms with Gasteiger partial charge in [0.25, 0.3) is 5.91 Å². The normalized spacial score (nSPS) is 11.0. The van der Waals surface area contributed by atoms with E-state index in [0.717, 1.165) is 24.0 Å². The number of rotatable bonds is 4. The van der Waals surface area contributed by atoms with E-state index in [1.54, 1.807) is 24.3 Å². The summed E-state index contributed by atoms with van der Waals surface area (Å²) in [6, 6.07) is 18.3. The van der Waals surface area contributed by atoms with Crippen LogP contribution in [0.25, 0.3) is 0 Å². The minimum absolute atomic E-state index is 0.0347. The van der Waals surface area contributed by atoms with Crippen molar-refractivity contribution in [2.45, 2.75) is 6.18 Å². The lowest BCUT2D eigenvalue weighted by atomic mass is 10.2. The smallest absolute Gasteiger partial charge is 0.354 e. The van der Waals surface area contributed by atoms with Gasteiger partial charge in [0.15, 0.2) is 0 Å². The molecule has 0 aliphatic heterocycles. The van der Waals surface area contributed by atoms with Gasteiger partial charge in [0.05, 0.1) is 16.9 Å². The van der Waals surface area contributed by atoms with Crippen LogP contribution in [0, 0.1) is 0 Å². The molecule has 0 saturated heterocycles. The summed E-state index contributed by atoms with van der Waals surface area (Å²) in [6.45, 7) is 0. The first kappa shape index (κ1) is 17.5. The number of para-hydroxylation sites is 3. The Hall–Kier alpha value is -3.35. The summed E-state index contributed by atoms with van der Waals surface area (Å²) >= 11 is 0. The van der Waals surface area contributed by atoms with Crippen LogP contribution in [0.2, 0.25) is 0 Å². The molecule has 1 amide bonds. The van der Waals surface area contributed by atoms with Gasteiger partial charge < -0.3 is 10.6 Å². The Morgan fingerprint density at radius 3 is 2.12 bits per heavy atom. The molecule has 0 saturated carbocycles. The Labute approximate surface area is 147 Å². The molecule has 4 nitrogen and oxygen atoms in total. The van der Waals surface area contributed by atoms with Crippen molar-refractivity contribution >= 4 is 23.0 Å². The highest BCUT2D eigenvalue weighted by Crippen LogP contribution is 2.28. The Balaban J connectivity index is 1.77. The van der Waals surface area contributed by atoms with Gasteiger partial charge in [0.1, 0.15) is 5.69 Å². The lowest BCUT2D eigenvalue weighted by Gasteiger charge is -2.13. The summed E-state index contributed by atoms with van der Waals surface area (Å²) in [5.74, 6) is -0.548. The number of hydrogen-bond donors (Lipinski definition) is 2. The predicted molar refractivity (Wildman–Crippen MR) is 93.4 cm³/mol. The predicted octanol–water partition coefficient (Wildman–Crippen LogP) is 5.10. The molecule has 3 aromatic rings.